The maximum Gasteiger partial charge on any atom is 0.310 e. The van der Waals surface area contributed by atoms with Crippen LogP contribution < -0.4 is 0 Å². The zero-order valence-corrected chi connectivity index (χ0v) is 15.8. The fourth-order valence-electron chi connectivity index (χ4n) is 4.07. The molecule has 2 heterocycles. The molecular formula is C23H26N2O2. The molecule has 0 spiro atoms. The number of para-hydroxylation sites is 2. The first kappa shape index (κ1) is 17.8. The first-order chi connectivity index (χ1) is 13.3. The lowest BCUT2D eigenvalue weighted by molar-refractivity contribution is -0.150. The van der Waals surface area contributed by atoms with Crippen LogP contribution in [0.5, 0.6) is 0 Å². The number of benzene rings is 2. The van der Waals surface area contributed by atoms with E-state index in [1.165, 1.54) is 22.2 Å². The monoisotopic (exact) mass is 362 g/mol. The van der Waals surface area contributed by atoms with Gasteiger partial charge in [0.2, 0.25) is 0 Å². The number of ether oxygens (including phenoxy) is 1. The molecule has 1 fully saturated rings. The number of esters is 1. The van der Waals surface area contributed by atoms with E-state index < -0.39 is 0 Å². The van der Waals surface area contributed by atoms with Gasteiger partial charge in [0.15, 0.2) is 0 Å². The molecule has 4 heteroatoms. The van der Waals surface area contributed by atoms with Gasteiger partial charge in [0.05, 0.1) is 18.0 Å². The van der Waals surface area contributed by atoms with Crippen molar-refractivity contribution in [2.45, 2.75) is 26.3 Å². The van der Waals surface area contributed by atoms with E-state index in [9.17, 15) is 4.79 Å². The van der Waals surface area contributed by atoms with Crippen LogP contribution in [0.4, 0.5) is 0 Å². The van der Waals surface area contributed by atoms with E-state index in [0.29, 0.717) is 6.61 Å². The molecule has 4 nitrogen and oxygen atoms in total. The molecule has 1 saturated heterocycles. The number of carbonyl (C=O) groups is 1. The quantitative estimate of drug-likeness (QED) is 0.631. The molecule has 1 aromatic heterocycles. The average Bonchev–Trinajstić information content (AvgIpc) is 3.08. The van der Waals surface area contributed by atoms with Crippen LogP contribution in [0.1, 0.15) is 25.3 Å². The van der Waals surface area contributed by atoms with Crippen LogP contribution in [0, 0.1) is 5.92 Å². The summed E-state index contributed by atoms with van der Waals surface area (Å²) in [5.41, 5.74) is 3.69. The first-order valence-electron chi connectivity index (χ1n) is 9.79. The van der Waals surface area contributed by atoms with E-state index in [-0.39, 0.29) is 11.9 Å². The van der Waals surface area contributed by atoms with E-state index in [2.05, 4.69) is 64.2 Å². The lowest BCUT2D eigenvalue weighted by Gasteiger charge is -2.31. The van der Waals surface area contributed by atoms with Crippen molar-refractivity contribution in [3.05, 3.63) is 66.4 Å². The van der Waals surface area contributed by atoms with Gasteiger partial charge in [-0.25, -0.2) is 0 Å². The fraction of sp³-hybridized carbons (Fsp3) is 0.348. The van der Waals surface area contributed by atoms with Crippen LogP contribution in [-0.4, -0.2) is 35.1 Å². The third-order valence-corrected chi connectivity index (χ3v) is 5.35. The number of likely N-dealkylation sites (tertiary alicyclic amines) is 1. The van der Waals surface area contributed by atoms with Gasteiger partial charge in [-0.15, -0.1) is 0 Å². The van der Waals surface area contributed by atoms with Crippen LogP contribution in [-0.2, 0) is 16.1 Å². The van der Waals surface area contributed by atoms with Gasteiger partial charge in [-0.3, -0.25) is 9.69 Å². The predicted molar refractivity (Wildman–Crippen MR) is 108 cm³/mol. The van der Waals surface area contributed by atoms with Crippen LogP contribution in [0.3, 0.4) is 0 Å². The Labute approximate surface area is 160 Å². The number of piperidine rings is 1. The Kier molecular flexibility index (Phi) is 5.26. The van der Waals surface area contributed by atoms with Crippen LogP contribution in [0.15, 0.2) is 60.8 Å². The standard InChI is InChI=1S/C23H26N2O2/c1-2-27-23(26)18-9-8-14-24(15-18)16-19-17-25(20-10-4-3-5-11-20)22-13-7-6-12-21(19)22/h3-7,10-13,17-18H,2,8-9,14-16H2,1H3. The predicted octanol–water partition coefficient (Wildman–Crippen LogP) is 4.41. The molecule has 27 heavy (non-hydrogen) atoms. The summed E-state index contributed by atoms with van der Waals surface area (Å²) in [7, 11) is 0. The smallest absolute Gasteiger partial charge is 0.310 e. The molecule has 3 aromatic rings. The third kappa shape index (κ3) is 3.76. The summed E-state index contributed by atoms with van der Waals surface area (Å²) in [6.07, 6.45) is 4.22. The molecule has 0 radical (unpaired) electrons. The number of rotatable bonds is 5. The Hall–Kier alpha value is -2.59. The van der Waals surface area contributed by atoms with E-state index in [0.717, 1.165) is 32.5 Å². The van der Waals surface area contributed by atoms with Gasteiger partial charge in [0.1, 0.15) is 0 Å². The van der Waals surface area contributed by atoms with E-state index in [1.807, 2.05) is 13.0 Å². The Balaban J connectivity index is 1.60. The van der Waals surface area contributed by atoms with Gasteiger partial charge >= 0.3 is 5.97 Å². The molecule has 1 atom stereocenters. The van der Waals surface area contributed by atoms with Crippen LogP contribution in [0.25, 0.3) is 16.6 Å². The number of fused-ring (bicyclic) bond motifs is 1. The van der Waals surface area contributed by atoms with Crippen molar-refractivity contribution < 1.29 is 9.53 Å². The molecule has 2 aromatic carbocycles. The van der Waals surface area contributed by atoms with Gasteiger partial charge in [-0.1, -0.05) is 36.4 Å². The Morgan fingerprint density at radius 1 is 1.11 bits per heavy atom. The average molecular weight is 362 g/mol. The highest BCUT2D eigenvalue weighted by molar-refractivity contribution is 5.85. The SMILES string of the molecule is CCOC(=O)C1CCCN(Cc2cn(-c3ccccc3)c3ccccc23)C1. The molecule has 0 amide bonds. The Morgan fingerprint density at radius 3 is 2.70 bits per heavy atom. The summed E-state index contributed by atoms with van der Waals surface area (Å²) in [6, 6.07) is 19.0. The van der Waals surface area contributed by atoms with Crippen molar-refractivity contribution in [3.63, 3.8) is 0 Å². The summed E-state index contributed by atoms with van der Waals surface area (Å²) in [5.74, 6) is -0.0462. The molecule has 0 bridgehead atoms. The lowest BCUT2D eigenvalue weighted by atomic mass is 9.97. The number of carbonyl (C=O) groups excluding carboxylic acids is 1. The minimum absolute atomic E-state index is 0.00109. The van der Waals surface area contributed by atoms with E-state index >= 15 is 0 Å². The highest BCUT2D eigenvalue weighted by Gasteiger charge is 2.27. The molecular weight excluding hydrogens is 336 g/mol. The van der Waals surface area contributed by atoms with Gasteiger partial charge in [0, 0.05) is 30.4 Å². The molecule has 4 rings (SSSR count). The fourth-order valence-corrected chi connectivity index (χ4v) is 4.07. The topological polar surface area (TPSA) is 34.5 Å². The maximum atomic E-state index is 12.1. The second-order valence-corrected chi connectivity index (χ2v) is 7.20. The molecule has 0 aliphatic carbocycles. The Morgan fingerprint density at radius 2 is 1.89 bits per heavy atom. The minimum atomic E-state index is -0.0473. The summed E-state index contributed by atoms with van der Waals surface area (Å²) >= 11 is 0. The first-order valence-corrected chi connectivity index (χ1v) is 9.79. The summed E-state index contributed by atoms with van der Waals surface area (Å²) in [4.78, 5) is 14.5. The zero-order valence-electron chi connectivity index (χ0n) is 15.8. The maximum absolute atomic E-state index is 12.1. The minimum Gasteiger partial charge on any atom is -0.466 e. The summed E-state index contributed by atoms with van der Waals surface area (Å²) < 4.78 is 7.50. The number of hydrogen-bond acceptors (Lipinski definition) is 3. The second-order valence-electron chi connectivity index (χ2n) is 7.20. The van der Waals surface area contributed by atoms with Crippen molar-refractivity contribution in [2.75, 3.05) is 19.7 Å². The van der Waals surface area contributed by atoms with Crippen molar-refractivity contribution in [2.24, 2.45) is 5.92 Å². The van der Waals surface area contributed by atoms with Crippen LogP contribution >= 0.6 is 0 Å². The largest absolute Gasteiger partial charge is 0.466 e. The van der Waals surface area contributed by atoms with Crippen molar-refractivity contribution in [1.29, 1.82) is 0 Å². The lowest BCUT2D eigenvalue weighted by Crippen LogP contribution is -2.38. The number of aromatic nitrogens is 1. The Bertz CT molecular complexity index is 917. The molecule has 0 N–H and O–H groups in total. The molecule has 1 unspecified atom stereocenters. The second kappa shape index (κ2) is 7.97. The molecule has 0 saturated carbocycles. The summed E-state index contributed by atoms with van der Waals surface area (Å²) in [6.45, 7) is 5.00. The van der Waals surface area contributed by atoms with Gasteiger partial charge < -0.3 is 9.30 Å². The van der Waals surface area contributed by atoms with E-state index in [1.54, 1.807) is 0 Å². The summed E-state index contributed by atoms with van der Waals surface area (Å²) in [5, 5.41) is 1.28. The van der Waals surface area contributed by atoms with Crippen LogP contribution in [0.2, 0.25) is 0 Å². The number of hydrogen-bond donors (Lipinski definition) is 0. The zero-order chi connectivity index (χ0) is 18.6. The molecule has 1 aliphatic heterocycles. The van der Waals surface area contributed by atoms with Gasteiger partial charge in [-0.2, -0.15) is 0 Å². The van der Waals surface area contributed by atoms with Crippen molar-refractivity contribution in [3.8, 4) is 5.69 Å². The normalized spacial score (nSPS) is 17.9. The van der Waals surface area contributed by atoms with Crippen molar-refractivity contribution in [1.82, 2.24) is 9.47 Å². The molecule has 1 aliphatic rings. The third-order valence-electron chi connectivity index (χ3n) is 5.35. The highest BCUT2D eigenvalue weighted by atomic mass is 16.5. The number of nitrogens with zero attached hydrogens (tertiary/aromatic N) is 2. The molecule has 140 valence electrons. The van der Waals surface area contributed by atoms with Gasteiger partial charge in [0.25, 0.3) is 0 Å². The van der Waals surface area contributed by atoms with E-state index in [4.69, 9.17) is 4.74 Å². The highest BCUT2D eigenvalue weighted by Crippen LogP contribution is 2.27. The van der Waals surface area contributed by atoms with Gasteiger partial charge in [-0.05, 0) is 50.1 Å². The van der Waals surface area contributed by atoms with Crippen molar-refractivity contribution >= 4 is 16.9 Å².